The molecular formula is C17H19O3P. The van der Waals surface area contributed by atoms with E-state index in [1.54, 1.807) is 13.8 Å². The second-order valence-corrected chi connectivity index (χ2v) is 6.73. The maximum Gasteiger partial charge on any atom is 0.342 e. The first-order valence-corrected chi connectivity index (χ1v) is 8.71. The summed E-state index contributed by atoms with van der Waals surface area (Å²) >= 11 is 0. The van der Waals surface area contributed by atoms with E-state index in [0.29, 0.717) is 11.1 Å². The van der Waals surface area contributed by atoms with Crippen molar-refractivity contribution in [2.24, 2.45) is 0 Å². The number of rotatable bonds is 5. The normalized spacial score (nSPS) is 16.2. The molecule has 1 aliphatic carbocycles. The van der Waals surface area contributed by atoms with E-state index in [4.69, 9.17) is 10.4 Å². The summed E-state index contributed by atoms with van der Waals surface area (Å²) in [4.78, 5) is 0. The van der Waals surface area contributed by atoms with Gasteiger partial charge in [0.25, 0.3) is 0 Å². The van der Waals surface area contributed by atoms with Gasteiger partial charge in [0, 0.05) is 0 Å². The summed E-state index contributed by atoms with van der Waals surface area (Å²) < 4.78 is 33.6. The molecule has 1 aliphatic rings. The lowest BCUT2D eigenvalue weighted by molar-refractivity contribution is 0.215. The summed E-state index contributed by atoms with van der Waals surface area (Å²) in [5.41, 5.74) is 1.69. The Balaban J connectivity index is 2.31. The lowest BCUT2D eigenvalue weighted by Gasteiger charge is -2.24. The SMILES string of the molecule is [2H]C1(P(=O)(OCC)OCC)c2ccccc2-c2ccccc21. The van der Waals surface area contributed by atoms with Gasteiger partial charge in [0.2, 0.25) is 0 Å². The highest BCUT2D eigenvalue weighted by molar-refractivity contribution is 7.54. The van der Waals surface area contributed by atoms with Gasteiger partial charge in [0.1, 0.15) is 5.64 Å². The van der Waals surface area contributed by atoms with Crippen molar-refractivity contribution in [2.75, 3.05) is 13.2 Å². The quantitative estimate of drug-likeness (QED) is 0.727. The molecular weight excluding hydrogens is 283 g/mol. The number of benzene rings is 2. The minimum absolute atomic E-state index is 0.238. The van der Waals surface area contributed by atoms with Crippen LogP contribution in [0.5, 0.6) is 0 Å². The van der Waals surface area contributed by atoms with Crippen LogP contribution in [-0.4, -0.2) is 13.2 Å². The molecule has 4 heteroatoms. The maximum absolute atomic E-state index is 13.4. The Morgan fingerprint density at radius 3 is 1.81 bits per heavy atom. The predicted molar refractivity (Wildman–Crippen MR) is 84.6 cm³/mol. The molecule has 0 fully saturated rings. The summed E-state index contributed by atoms with van der Waals surface area (Å²) in [6.07, 6.45) is 0. The second kappa shape index (κ2) is 5.76. The number of fused-ring (bicyclic) bond motifs is 3. The molecule has 3 rings (SSSR count). The maximum atomic E-state index is 13.4. The van der Waals surface area contributed by atoms with E-state index in [0.717, 1.165) is 11.1 Å². The van der Waals surface area contributed by atoms with Gasteiger partial charge in [-0.25, -0.2) is 0 Å². The zero-order chi connectivity index (χ0) is 15.8. The topological polar surface area (TPSA) is 35.5 Å². The van der Waals surface area contributed by atoms with Gasteiger partial charge in [-0.3, -0.25) is 4.57 Å². The fraction of sp³-hybridized carbons (Fsp3) is 0.294. The molecule has 0 N–H and O–H groups in total. The first-order valence-electron chi connectivity index (χ1n) is 7.67. The van der Waals surface area contributed by atoms with Crippen molar-refractivity contribution in [1.29, 1.82) is 0 Å². The molecule has 0 heterocycles. The average Bonchev–Trinajstić information content (AvgIpc) is 2.80. The van der Waals surface area contributed by atoms with Gasteiger partial charge in [-0.1, -0.05) is 48.5 Å². The van der Waals surface area contributed by atoms with E-state index >= 15 is 0 Å². The molecule has 0 atom stereocenters. The largest absolute Gasteiger partial charge is 0.342 e. The Morgan fingerprint density at radius 1 is 0.952 bits per heavy atom. The minimum Gasteiger partial charge on any atom is -0.308 e. The molecule has 0 saturated heterocycles. The first kappa shape index (κ1) is 13.3. The molecule has 0 saturated carbocycles. The van der Waals surface area contributed by atoms with Crippen molar-refractivity contribution in [2.45, 2.75) is 19.5 Å². The van der Waals surface area contributed by atoms with Crippen LogP contribution in [0.15, 0.2) is 48.5 Å². The molecule has 0 spiro atoms. The monoisotopic (exact) mass is 303 g/mol. The van der Waals surface area contributed by atoms with E-state index < -0.39 is 13.2 Å². The van der Waals surface area contributed by atoms with Crippen molar-refractivity contribution in [3.63, 3.8) is 0 Å². The molecule has 0 aromatic heterocycles. The fourth-order valence-electron chi connectivity index (χ4n) is 2.80. The van der Waals surface area contributed by atoms with Crippen molar-refractivity contribution < 1.29 is 15.0 Å². The van der Waals surface area contributed by atoms with Crippen molar-refractivity contribution in [3.8, 4) is 11.1 Å². The zero-order valence-electron chi connectivity index (χ0n) is 13.2. The van der Waals surface area contributed by atoms with Crippen LogP contribution >= 0.6 is 7.60 Å². The molecule has 0 amide bonds. The molecule has 0 bridgehead atoms. The van der Waals surface area contributed by atoms with Crippen LogP contribution in [0.2, 0.25) is 0 Å². The Kier molecular flexibility index (Phi) is 3.64. The molecule has 2 aromatic carbocycles. The highest BCUT2D eigenvalue weighted by atomic mass is 31.2. The summed E-state index contributed by atoms with van der Waals surface area (Å²) in [6.45, 7) is 4.01. The number of hydrogen-bond donors (Lipinski definition) is 0. The van der Waals surface area contributed by atoms with E-state index in [1.807, 2.05) is 48.5 Å². The van der Waals surface area contributed by atoms with E-state index in [2.05, 4.69) is 0 Å². The lowest BCUT2D eigenvalue weighted by Crippen LogP contribution is -2.05. The Morgan fingerprint density at radius 2 is 1.38 bits per heavy atom. The zero-order valence-corrected chi connectivity index (χ0v) is 13.1. The Bertz CT molecular complexity index is 689. The second-order valence-electron chi connectivity index (χ2n) is 4.77. The van der Waals surface area contributed by atoms with Crippen LogP contribution < -0.4 is 0 Å². The molecule has 3 nitrogen and oxygen atoms in total. The summed E-state index contributed by atoms with van der Waals surface area (Å²) in [5.74, 6) is 0. The Hall–Kier alpha value is -1.41. The molecule has 0 radical (unpaired) electrons. The Labute approximate surface area is 126 Å². The standard InChI is InChI=1S/C17H19O3P/c1-3-19-21(18,20-4-2)17-15-11-7-5-9-13(15)14-10-6-8-12-16(14)17/h5-12,17H,3-4H2,1-2H3/i17D. The fourth-order valence-corrected chi connectivity index (χ4v) is 4.79. The highest BCUT2D eigenvalue weighted by Gasteiger charge is 2.43. The van der Waals surface area contributed by atoms with Crippen LogP contribution in [0, 0.1) is 0 Å². The minimum atomic E-state index is -3.68. The van der Waals surface area contributed by atoms with E-state index in [9.17, 15) is 4.57 Å². The van der Waals surface area contributed by atoms with Crippen LogP contribution in [0.1, 0.15) is 32.0 Å². The smallest absolute Gasteiger partial charge is 0.308 e. The van der Waals surface area contributed by atoms with Gasteiger partial charge < -0.3 is 9.05 Å². The highest BCUT2D eigenvalue weighted by Crippen LogP contribution is 2.68. The van der Waals surface area contributed by atoms with E-state index in [1.165, 1.54) is 0 Å². The van der Waals surface area contributed by atoms with Crippen molar-refractivity contribution >= 4 is 7.60 Å². The third-order valence-electron chi connectivity index (χ3n) is 3.53. The van der Waals surface area contributed by atoms with Crippen molar-refractivity contribution in [3.05, 3.63) is 59.7 Å². The van der Waals surface area contributed by atoms with Gasteiger partial charge >= 0.3 is 7.60 Å². The average molecular weight is 303 g/mol. The van der Waals surface area contributed by atoms with Crippen LogP contribution in [0.3, 0.4) is 0 Å². The first-order chi connectivity index (χ1) is 10.6. The molecule has 0 unspecified atom stereocenters. The van der Waals surface area contributed by atoms with Gasteiger partial charge in [-0.05, 0) is 36.1 Å². The predicted octanol–water partition coefficient (Wildman–Crippen LogP) is 5.02. The third-order valence-corrected chi connectivity index (χ3v) is 5.75. The molecule has 2 aromatic rings. The lowest BCUT2D eigenvalue weighted by atomic mass is 10.1. The van der Waals surface area contributed by atoms with E-state index in [-0.39, 0.29) is 13.2 Å². The van der Waals surface area contributed by atoms with Crippen LogP contribution in [0.4, 0.5) is 0 Å². The van der Waals surface area contributed by atoms with Gasteiger partial charge in [-0.2, -0.15) is 0 Å². The third kappa shape index (κ3) is 2.36. The summed E-state index contributed by atoms with van der Waals surface area (Å²) in [7, 11) is -3.68. The van der Waals surface area contributed by atoms with Gasteiger partial charge in [-0.15, -0.1) is 0 Å². The molecule has 21 heavy (non-hydrogen) atoms. The van der Waals surface area contributed by atoms with Gasteiger partial charge in [0.15, 0.2) is 0 Å². The molecule has 110 valence electrons. The van der Waals surface area contributed by atoms with Crippen LogP contribution in [-0.2, 0) is 13.6 Å². The van der Waals surface area contributed by atoms with Crippen molar-refractivity contribution in [1.82, 2.24) is 0 Å². The summed E-state index contributed by atoms with van der Waals surface area (Å²) in [5, 5.41) is 0. The van der Waals surface area contributed by atoms with Gasteiger partial charge in [0.05, 0.1) is 14.6 Å². The molecule has 0 aliphatic heterocycles. The summed E-state index contributed by atoms with van der Waals surface area (Å²) in [6, 6.07) is 15.1. The number of hydrogen-bond acceptors (Lipinski definition) is 3. The van der Waals surface area contributed by atoms with Crippen LogP contribution in [0.25, 0.3) is 11.1 Å².